The van der Waals surface area contributed by atoms with Crippen LogP contribution in [-0.2, 0) is 0 Å². The average Bonchev–Trinajstić information content (AvgIpc) is 2.30. The molecule has 0 aliphatic carbocycles. The molecule has 106 valence electrons. The van der Waals surface area contributed by atoms with Crippen LogP contribution in [0.1, 0.15) is 6.92 Å². The number of nitrogen functional groups attached to an aromatic ring is 1. The highest BCUT2D eigenvalue weighted by Crippen LogP contribution is 2.17. The van der Waals surface area contributed by atoms with Gasteiger partial charge < -0.3 is 15.5 Å². The Morgan fingerprint density at radius 1 is 0.944 bits per heavy atom. The summed E-state index contributed by atoms with van der Waals surface area (Å²) in [6, 6.07) is 8.16. The standard InChI is InChI=1S/C12H19N3.3ClH/c1-2-14-7-9-15(10-8-14)12-5-3-11(13)4-6-12;;;/h3-6H,2,7-10,13H2,1H3;3*1H. The summed E-state index contributed by atoms with van der Waals surface area (Å²) in [6.07, 6.45) is 0. The number of piperazine rings is 1. The Kier molecular flexibility index (Phi) is 10.6. The Bertz CT molecular complexity index is 311. The minimum atomic E-state index is 0. The van der Waals surface area contributed by atoms with Crippen LogP contribution in [0.15, 0.2) is 24.3 Å². The zero-order valence-electron chi connectivity index (χ0n) is 10.5. The molecule has 1 aliphatic rings. The smallest absolute Gasteiger partial charge is 0.0368 e. The number of nitrogens with zero attached hydrogens (tertiary/aromatic N) is 2. The van der Waals surface area contributed by atoms with Crippen LogP contribution in [0.5, 0.6) is 0 Å². The Morgan fingerprint density at radius 3 is 1.89 bits per heavy atom. The maximum Gasteiger partial charge on any atom is 0.0368 e. The molecule has 0 spiro atoms. The van der Waals surface area contributed by atoms with Crippen molar-refractivity contribution in [3.63, 3.8) is 0 Å². The average molecular weight is 315 g/mol. The third-order valence-electron chi connectivity index (χ3n) is 3.08. The number of rotatable bonds is 2. The maximum atomic E-state index is 5.67. The third-order valence-corrected chi connectivity index (χ3v) is 3.08. The zero-order valence-corrected chi connectivity index (χ0v) is 13.0. The summed E-state index contributed by atoms with van der Waals surface area (Å²) in [4.78, 5) is 4.90. The fourth-order valence-electron chi connectivity index (χ4n) is 2.01. The van der Waals surface area contributed by atoms with Crippen molar-refractivity contribution in [3.05, 3.63) is 24.3 Å². The van der Waals surface area contributed by atoms with Gasteiger partial charge in [0, 0.05) is 37.6 Å². The van der Waals surface area contributed by atoms with E-state index in [0.29, 0.717) is 0 Å². The number of halogens is 3. The molecule has 1 aromatic rings. The molecule has 0 aromatic heterocycles. The largest absolute Gasteiger partial charge is 0.399 e. The molecule has 0 amide bonds. The van der Waals surface area contributed by atoms with E-state index in [9.17, 15) is 0 Å². The van der Waals surface area contributed by atoms with Crippen molar-refractivity contribution in [1.29, 1.82) is 0 Å². The van der Waals surface area contributed by atoms with E-state index in [1.807, 2.05) is 12.1 Å². The van der Waals surface area contributed by atoms with Gasteiger partial charge in [-0.05, 0) is 30.8 Å². The van der Waals surface area contributed by atoms with Crippen LogP contribution >= 0.6 is 37.2 Å². The highest BCUT2D eigenvalue weighted by atomic mass is 35.5. The molecule has 2 rings (SSSR count). The normalized spacial score (nSPS) is 15.1. The van der Waals surface area contributed by atoms with Crippen molar-refractivity contribution < 1.29 is 0 Å². The first kappa shape index (κ1) is 20.0. The third kappa shape index (κ3) is 5.11. The first-order chi connectivity index (χ1) is 7.29. The fraction of sp³-hybridized carbons (Fsp3) is 0.500. The SMILES string of the molecule is CCN1CCN(c2ccc(N)cc2)CC1.Cl.Cl.Cl. The summed E-state index contributed by atoms with van der Waals surface area (Å²) in [5, 5.41) is 0. The molecule has 0 saturated carbocycles. The lowest BCUT2D eigenvalue weighted by Crippen LogP contribution is -2.46. The second-order valence-electron chi connectivity index (χ2n) is 4.01. The Balaban J connectivity index is 0. The molecule has 1 aromatic carbocycles. The van der Waals surface area contributed by atoms with Crippen molar-refractivity contribution in [2.24, 2.45) is 0 Å². The van der Waals surface area contributed by atoms with Gasteiger partial charge in [0.05, 0.1) is 0 Å². The second-order valence-corrected chi connectivity index (χ2v) is 4.01. The molecule has 3 nitrogen and oxygen atoms in total. The first-order valence-electron chi connectivity index (χ1n) is 5.62. The van der Waals surface area contributed by atoms with Crippen LogP contribution in [0.4, 0.5) is 11.4 Å². The van der Waals surface area contributed by atoms with Crippen LogP contribution < -0.4 is 10.6 Å². The van der Waals surface area contributed by atoms with Gasteiger partial charge in [-0.1, -0.05) is 6.92 Å². The van der Waals surface area contributed by atoms with E-state index in [-0.39, 0.29) is 37.2 Å². The molecule has 1 fully saturated rings. The predicted octanol–water partition coefficient (Wildman–Crippen LogP) is 2.68. The molecule has 1 heterocycles. The van der Waals surface area contributed by atoms with Crippen LogP contribution in [0.3, 0.4) is 0 Å². The molecule has 2 N–H and O–H groups in total. The van der Waals surface area contributed by atoms with Gasteiger partial charge in [0.25, 0.3) is 0 Å². The number of benzene rings is 1. The van der Waals surface area contributed by atoms with E-state index in [1.54, 1.807) is 0 Å². The van der Waals surface area contributed by atoms with Crippen molar-refractivity contribution in [1.82, 2.24) is 4.90 Å². The molecular weight excluding hydrogens is 293 g/mol. The lowest BCUT2D eigenvalue weighted by Gasteiger charge is -2.35. The number of nitrogens with two attached hydrogens (primary N) is 1. The minimum Gasteiger partial charge on any atom is -0.399 e. The van der Waals surface area contributed by atoms with Crippen LogP contribution in [0.25, 0.3) is 0 Å². The Morgan fingerprint density at radius 2 is 1.44 bits per heavy atom. The molecular formula is C12H22Cl3N3. The lowest BCUT2D eigenvalue weighted by molar-refractivity contribution is 0.271. The highest BCUT2D eigenvalue weighted by Gasteiger charge is 2.15. The molecule has 1 aliphatic heterocycles. The Labute approximate surface area is 128 Å². The van der Waals surface area contributed by atoms with Gasteiger partial charge in [0.15, 0.2) is 0 Å². The Hall–Kier alpha value is -0.350. The summed E-state index contributed by atoms with van der Waals surface area (Å²) in [6.45, 7) is 7.96. The quantitative estimate of drug-likeness (QED) is 0.852. The van der Waals surface area contributed by atoms with Gasteiger partial charge in [-0.25, -0.2) is 0 Å². The molecule has 0 bridgehead atoms. The van der Waals surface area contributed by atoms with Crippen LogP contribution in [0, 0.1) is 0 Å². The van der Waals surface area contributed by atoms with Gasteiger partial charge in [-0.15, -0.1) is 37.2 Å². The summed E-state index contributed by atoms with van der Waals surface area (Å²) in [7, 11) is 0. The molecule has 0 radical (unpaired) electrons. The first-order valence-corrected chi connectivity index (χ1v) is 5.62. The van der Waals surface area contributed by atoms with E-state index in [1.165, 1.54) is 18.8 Å². The van der Waals surface area contributed by atoms with Gasteiger partial charge in [-0.2, -0.15) is 0 Å². The van der Waals surface area contributed by atoms with E-state index >= 15 is 0 Å². The summed E-state index contributed by atoms with van der Waals surface area (Å²) in [5.41, 5.74) is 7.80. The summed E-state index contributed by atoms with van der Waals surface area (Å²) < 4.78 is 0. The van der Waals surface area contributed by atoms with Gasteiger partial charge in [0.2, 0.25) is 0 Å². The van der Waals surface area contributed by atoms with E-state index in [4.69, 9.17) is 5.73 Å². The molecule has 1 saturated heterocycles. The number of hydrogen-bond acceptors (Lipinski definition) is 3. The van der Waals surface area contributed by atoms with Crippen LogP contribution in [-0.4, -0.2) is 37.6 Å². The van der Waals surface area contributed by atoms with Gasteiger partial charge in [0.1, 0.15) is 0 Å². The van der Waals surface area contributed by atoms with Crippen molar-refractivity contribution in [3.8, 4) is 0 Å². The van der Waals surface area contributed by atoms with Gasteiger partial charge in [-0.3, -0.25) is 0 Å². The highest BCUT2D eigenvalue weighted by molar-refractivity contribution is 5.86. The predicted molar refractivity (Wildman–Crippen MR) is 86.9 cm³/mol. The van der Waals surface area contributed by atoms with Crippen LogP contribution in [0.2, 0.25) is 0 Å². The van der Waals surface area contributed by atoms with E-state index < -0.39 is 0 Å². The monoisotopic (exact) mass is 313 g/mol. The maximum absolute atomic E-state index is 5.67. The summed E-state index contributed by atoms with van der Waals surface area (Å²) in [5.74, 6) is 0. The van der Waals surface area contributed by atoms with Crippen molar-refractivity contribution >= 4 is 48.6 Å². The molecule has 0 atom stereocenters. The fourth-order valence-corrected chi connectivity index (χ4v) is 2.01. The molecule has 18 heavy (non-hydrogen) atoms. The minimum absolute atomic E-state index is 0. The molecule has 6 heteroatoms. The second kappa shape index (κ2) is 9.56. The molecule has 0 unspecified atom stereocenters. The van der Waals surface area contributed by atoms with E-state index in [2.05, 4.69) is 28.9 Å². The zero-order chi connectivity index (χ0) is 10.7. The van der Waals surface area contributed by atoms with Gasteiger partial charge >= 0.3 is 0 Å². The number of anilines is 2. The van der Waals surface area contributed by atoms with Crippen molar-refractivity contribution in [2.75, 3.05) is 43.4 Å². The van der Waals surface area contributed by atoms with E-state index in [0.717, 1.165) is 25.3 Å². The number of hydrogen-bond donors (Lipinski definition) is 1. The summed E-state index contributed by atoms with van der Waals surface area (Å²) >= 11 is 0. The lowest BCUT2D eigenvalue weighted by atomic mass is 10.2. The topological polar surface area (TPSA) is 32.5 Å². The number of likely N-dealkylation sites (N-methyl/N-ethyl adjacent to an activating group) is 1. The van der Waals surface area contributed by atoms with Crippen molar-refractivity contribution in [2.45, 2.75) is 6.92 Å².